The van der Waals surface area contributed by atoms with Crippen LogP contribution in [0.5, 0.6) is 0 Å². The topological polar surface area (TPSA) is 95.7 Å². The fraction of sp³-hybridized carbons (Fsp3) is 0.375. The predicted octanol–water partition coefficient (Wildman–Crippen LogP) is 1.86. The first kappa shape index (κ1) is 19.8. The molecule has 3 aliphatic heterocycles. The summed E-state index contributed by atoms with van der Waals surface area (Å²) in [5.41, 5.74) is 12.5. The number of rotatable bonds is 4. The van der Waals surface area contributed by atoms with E-state index in [-0.39, 0.29) is 24.1 Å². The molecule has 0 saturated carbocycles. The van der Waals surface area contributed by atoms with Gasteiger partial charge in [0.05, 0.1) is 0 Å². The quantitative estimate of drug-likeness (QED) is 0.739. The van der Waals surface area contributed by atoms with Crippen LogP contribution in [0.3, 0.4) is 0 Å². The van der Waals surface area contributed by atoms with Crippen LogP contribution in [0.4, 0.5) is 5.69 Å². The average molecular weight is 418 g/mol. The van der Waals surface area contributed by atoms with E-state index in [0.717, 1.165) is 37.1 Å². The number of benzene rings is 2. The lowest BCUT2D eigenvalue weighted by atomic mass is 9.95. The Morgan fingerprint density at radius 3 is 2.77 bits per heavy atom. The molecule has 1 saturated heterocycles. The molecule has 0 aliphatic carbocycles. The number of carbonyl (C=O) groups is 3. The third-order valence-electron chi connectivity index (χ3n) is 6.63. The summed E-state index contributed by atoms with van der Waals surface area (Å²) in [5.74, 6) is -0.780. The maximum atomic E-state index is 12.9. The molecule has 3 N–H and O–H groups in total. The number of hydrogen-bond acceptors (Lipinski definition) is 5. The average Bonchev–Trinajstić information content (AvgIpc) is 3.09. The van der Waals surface area contributed by atoms with Crippen LogP contribution >= 0.6 is 0 Å². The summed E-state index contributed by atoms with van der Waals surface area (Å²) in [6.45, 7) is 2.71. The molecule has 5 rings (SSSR count). The van der Waals surface area contributed by atoms with Gasteiger partial charge in [0.25, 0.3) is 5.91 Å². The molecule has 1 unspecified atom stereocenters. The number of anilines is 1. The minimum absolute atomic E-state index is 0.132. The zero-order valence-electron chi connectivity index (χ0n) is 17.4. The second-order valence-corrected chi connectivity index (χ2v) is 8.54. The first-order valence-corrected chi connectivity index (χ1v) is 10.9. The lowest BCUT2D eigenvalue weighted by molar-refractivity contribution is -0.136. The molecule has 31 heavy (non-hydrogen) atoms. The van der Waals surface area contributed by atoms with E-state index in [4.69, 9.17) is 5.73 Å². The van der Waals surface area contributed by atoms with Crippen molar-refractivity contribution < 1.29 is 14.4 Å². The van der Waals surface area contributed by atoms with E-state index in [2.05, 4.69) is 34.5 Å². The van der Waals surface area contributed by atoms with Gasteiger partial charge >= 0.3 is 0 Å². The Kier molecular flexibility index (Phi) is 4.98. The van der Waals surface area contributed by atoms with Crippen molar-refractivity contribution in [2.75, 3.05) is 11.4 Å². The van der Waals surface area contributed by atoms with Crippen LogP contribution in [0.15, 0.2) is 36.4 Å². The number of nitrogens with two attached hydrogens (primary N) is 1. The van der Waals surface area contributed by atoms with E-state index in [9.17, 15) is 14.4 Å². The standard InChI is InChI=1S/C24H26N4O3/c25-12-16-3-1-5-20-18(16)4-2-10-27(20)13-15-6-7-19-17(11-15)14-28(24(19)31)21-8-9-22(29)26-23(21)30/h1,3,5-7,11,21H,2,4,8-10,12-14,25H2,(H,26,29,30). The monoisotopic (exact) mass is 418 g/mol. The SMILES string of the molecule is NCc1cccc2c1CCCN2Cc1ccc2c(c1)CN(C1CCC(=O)NC1=O)C2=O. The van der Waals surface area contributed by atoms with Gasteiger partial charge in [0, 0.05) is 43.9 Å². The molecule has 0 aromatic heterocycles. The van der Waals surface area contributed by atoms with E-state index in [1.165, 1.54) is 16.8 Å². The third-order valence-corrected chi connectivity index (χ3v) is 6.63. The van der Waals surface area contributed by atoms with Crippen molar-refractivity contribution in [3.63, 3.8) is 0 Å². The van der Waals surface area contributed by atoms with E-state index in [1.807, 2.05) is 12.1 Å². The van der Waals surface area contributed by atoms with Gasteiger partial charge in [-0.15, -0.1) is 0 Å². The molecule has 2 aromatic rings. The number of nitrogens with one attached hydrogen (secondary N) is 1. The predicted molar refractivity (Wildman–Crippen MR) is 116 cm³/mol. The summed E-state index contributed by atoms with van der Waals surface area (Å²) in [6, 6.07) is 11.7. The summed E-state index contributed by atoms with van der Waals surface area (Å²) >= 11 is 0. The number of nitrogens with zero attached hydrogens (tertiary/aromatic N) is 2. The molecule has 7 nitrogen and oxygen atoms in total. The van der Waals surface area contributed by atoms with Gasteiger partial charge < -0.3 is 15.5 Å². The summed E-state index contributed by atoms with van der Waals surface area (Å²) in [6.07, 6.45) is 2.79. The first-order valence-electron chi connectivity index (χ1n) is 10.9. The zero-order chi connectivity index (χ0) is 21.5. The molecule has 160 valence electrons. The van der Waals surface area contributed by atoms with E-state index in [0.29, 0.717) is 25.1 Å². The van der Waals surface area contributed by atoms with Gasteiger partial charge in [-0.1, -0.05) is 24.3 Å². The van der Waals surface area contributed by atoms with Crippen LogP contribution < -0.4 is 16.0 Å². The molecule has 7 heteroatoms. The van der Waals surface area contributed by atoms with Crippen LogP contribution in [0, 0.1) is 0 Å². The molecule has 3 aliphatic rings. The molecule has 2 aromatic carbocycles. The Labute approximate surface area is 181 Å². The van der Waals surface area contributed by atoms with Gasteiger partial charge in [-0.05, 0) is 53.6 Å². The molecule has 3 heterocycles. The second kappa shape index (κ2) is 7.81. The molecule has 1 atom stereocenters. The first-order chi connectivity index (χ1) is 15.0. The lowest BCUT2D eigenvalue weighted by Gasteiger charge is -2.32. The smallest absolute Gasteiger partial charge is 0.255 e. The van der Waals surface area contributed by atoms with Crippen molar-refractivity contribution >= 4 is 23.4 Å². The fourth-order valence-corrected chi connectivity index (χ4v) is 5.08. The second-order valence-electron chi connectivity index (χ2n) is 8.54. The Balaban J connectivity index is 1.36. The molecule has 0 radical (unpaired) electrons. The number of imide groups is 1. The molecular formula is C24H26N4O3. The molecule has 0 bridgehead atoms. The maximum Gasteiger partial charge on any atom is 0.255 e. The van der Waals surface area contributed by atoms with Gasteiger partial charge in [0.15, 0.2) is 0 Å². The van der Waals surface area contributed by atoms with Crippen molar-refractivity contribution in [2.24, 2.45) is 5.73 Å². The molecule has 1 fully saturated rings. The minimum Gasteiger partial charge on any atom is -0.367 e. The zero-order valence-corrected chi connectivity index (χ0v) is 17.4. The van der Waals surface area contributed by atoms with Crippen molar-refractivity contribution in [3.8, 4) is 0 Å². The highest BCUT2D eigenvalue weighted by atomic mass is 16.2. The molecule has 3 amide bonds. The number of piperidine rings is 1. The Morgan fingerprint density at radius 2 is 1.97 bits per heavy atom. The van der Waals surface area contributed by atoms with Crippen LogP contribution in [0.2, 0.25) is 0 Å². The van der Waals surface area contributed by atoms with Crippen LogP contribution in [-0.4, -0.2) is 35.2 Å². The van der Waals surface area contributed by atoms with Crippen LogP contribution in [0.25, 0.3) is 0 Å². The van der Waals surface area contributed by atoms with Crippen molar-refractivity contribution in [1.82, 2.24) is 10.2 Å². The van der Waals surface area contributed by atoms with Gasteiger partial charge in [-0.25, -0.2) is 0 Å². The van der Waals surface area contributed by atoms with Gasteiger partial charge in [0.1, 0.15) is 6.04 Å². The van der Waals surface area contributed by atoms with Crippen molar-refractivity contribution in [2.45, 2.75) is 51.4 Å². The number of hydrogen-bond donors (Lipinski definition) is 2. The summed E-state index contributed by atoms with van der Waals surface area (Å²) in [7, 11) is 0. The van der Waals surface area contributed by atoms with E-state index >= 15 is 0 Å². The van der Waals surface area contributed by atoms with Gasteiger partial charge in [-0.3, -0.25) is 19.7 Å². The number of fused-ring (bicyclic) bond motifs is 2. The van der Waals surface area contributed by atoms with E-state index < -0.39 is 6.04 Å². The van der Waals surface area contributed by atoms with Crippen LogP contribution in [-0.2, 0) is 35.6 Å². The van der Waals surface area contributed by atoms with Crippen LogP contribution in [0.1, 0.15) is 51.9 Å². The Morgan fingerprint density at radius 1 is 1.10 bits per heavy atom. The number of amides is 3. The van der Waals surface area contributed by atoms with Crippen molar-refractivity contribution in [1.29, 1.82) is 0 Å². The molecule has 0 spiro atoms. The molecular weight excluding hydrogens is 392 g/mol. The van der Waals surface area contributed by atoms with Crippen molar-refractivity contribution in [3.05, 3.63) is 64.2 Å². The largest absolute Gasteiger partial charge is 0.367 e. The summed E-state index contributed by atoms with van der Waals surface area (Å²) in [4.78, 5) is 40.6. The summed E-state index contributed by atoms with van der Waals surface area (Å²) < 4.78 is 0. The minimum atomic E-state index is -0.579. The fourth-order valence-electron chi connectivity index (χ4n) is 5.08. The normalized spacial score (nSPS) is 20.5. The number of carbonyl (C=O) groups excluding carboxylic acids is 3. The Bertz CT molecular complexity index is 1080. The maximum absolute atomic E-state index is 12.9. The van der Waals surface area contributed by atoms with E-state index in [1.54, 1.807) is 4.90 Å². The summed E-state index contributed by atoms with van der Waals surface area (Å²) in [5, 5.41) is 2.35. The van der Waals surface area contributed by atoms with Gasteiger partial charge in [-0.2, -0.15) is 0 Å². The highest BCUT2D eigenvalue weighted by molar-refractivity contribution is 6.05. The lowest BCUT2D eigenvalue weighted by Crippen LogP contribution is -2.52. The highest BCUT2D eigenvalue weighted by Gasteiger charge is 2.39. The van der Waals surface area contributed by atoms with Gasteiger partial charge in [0.2, 0.25) is 11.8 Å². The third kappa shape index (κ3) is 3.49. The Hall–Kier alpha value is -3.19. The highest BCUT2D eigenvalue weighted by Crippen LogP contribution is 2.32.